The number of carbonyl (C=O) groups excluding carboxylic acids is 4. The number of pyridine rings is 2. The van der Waals surface area contributed by atoms with Crippen LogP contribution in [0.25, 0.3) is 11.4 Å². The first kappa shape index (κ1) is 49.9. The minimum absolute atomic E-state index is 0.000825. The van der Waals surface area contributed by atoms with Crippen LogP contribution in [0, 0.1) is 0 Å². The van der Waals surface area contributed by atoms with Gasteiger partial charge in [0.2, 0.25) is 0 Å². The first-order valence-corrected chi connectivity index (χ1v) is 24.1. The summed E-state index contributed by atoms with van der Waals surface area (Å²) in [6.45, 7) is 5.58. The molecule has 0 spiro atoms. The molecule has 0 fully saturated rings. The van der Waals surface area contributed by atoms with Gasteiger partial charge in [-0.05, 0) is 54.7 Å². The van der Waals surface area contributed by atoms with Crippen LogP contribution in [-0.2, 0) is 36.3 Å². The van der Waals surface area contributed by atoms with E-state index >= 15 is 0 Å². The Morgan fingerprint density at radius 1 is 0.597 bits per heavy atom. The van der Waals surface area contributed by atoms with E-state index in [0.29, 0.717) is 67.1 Å². The highest BCUT2D eigenvalue weighted by Gasteiger charge is 2.23. The van der Waals surface area contributed by atoms with Crippen molar-refractivity contribution in [3.05, 3.63) is 106 Å². The van der Waals surface area contributed by atoms with Crippen LogP contribution in [-0.4, -0.2) is 146 Å². The first-order valence-electron chi connectivity index (χ1n) is 22.5. The second kappa shape index (κ2) is 22.3. The van der Waals surface area contributed by atoms with E-state index in [1.54, 1.807) is 23.0 Å². The molecule has 6 heterocycles. The third-order valence-corrected chi connectivity index (χ3v) is 12.0. The van der Waals surface area contributed by atoms with Crippen LogP contribution in [0.4, 0.5) is 0 Å². The summed E-state index contributed by atoms with van der Waals surface area (Å²) < 4.78 is 37.4. The Hall–Kier alpha value is -6.49. The Balaban J connectivity index is 1.18. The normalized spacial score (nSPS) is 15.1. The number of quaternary nitrogens is 2. The van der Waals surface area contributed by atoms with Crippen LogP contribution in [0.3, 0.4) is 0 Å². The molecule has 2 aliphatic heterocycles. The zero-order valence-electron chi connectivity index (χ0n) is 38.8. The van der Waals surface area contributed by atoms with Crippen molar-refractivity contribution in [2.24, 2.45) is 0 Å². The number of nitrogens with one attached hydrogen (secondary N) is 4. The molecule has 0 radical (unpaired) electrons. The number of fused-ring (bicyclic) bond motifs is 15. The molecular weight excluding hydrogens is 881 g/mol. The molecule has 22 heteroatoms. The molecule has 1 aromatic carbocycles. The molecule has 0 saturated heterocycles. The summed E-state index contributed by atoms with van der Waals surface area (Å²) in [6, 6.07) is 13.5. The Morgan fingerprint density at radius 2 is 0.985 bits per heavy atom. The number of rotatable bonds is 13. The molecule has 0 aliphatic carbocycles. The lowest BCUT2D eigenvalue weighted by Gasteiger charge is -2.28. The zero-order valence-corrected chi connectivity index (χ0v) is 39.6. The van der Waals surface area contributed by atoms with E-state index in [4.69, 9.17) is 0 Å². The van der Waals surface area contributed by atoms with Crippen LogP contribution in [0.2, 0.25) is 0 Å². The molecular formula is C45H61N14O7S+. The van der Waals surface area contributed by atoms with Crippen LogP contribution >= 0.6 is 0 Å². The van der Waals surface area contributed by atoms with Gasteiger partial charge in [-0.3, -0.25) is 19.2 Å². The molecule has 2 aliphatic rings. The number of unbranched alkanes of at least 4 members (excludes halogenated alkanes) is 1. The van der Waals surface area contributed by atoms with Gasteiger partial charge >= 0.3 is 0 Å². The smallest absolute Gasteiger partial charge is 0.270 e. The van der Waals surface area contributed by atoms with E-state index < -0.39 is 39.5 Å². The van der Waals surface area contributed by atoms with Crippen molar-refractivity contribution in [3.8, 4) is 11.4 Å². The van der Waals surface area contributed by atoms with Crippen molar-refractivity contribution in [3.63, 3.8) is 0 Å². The number of carbonyl (C=O) groups is 4. The summed E-state index contributed by atoms with van der Waals surface area (Å²) in [5.74, 6) is -2.39. The van der Waals surface area contributed by atoms with Crippen molar-refractivity contribution < 1.29 is 41.1 Å². The van der Waals surface area contributed by atoms with Gasteiger partial charge in [0.25, 0.3) is 23.6 Å². The number of benzene rings is 1. The number of aromatic nitrogens is 8. The van der Waals surface area contributed by atoms with Gasteiger partial charge in [-0.25, -0.2) is 27.7 Å². The SMILES string of the molecule is CCCC[N+](C)(C)Cc1cn(-c2cc3nc(c2)C(=O)NCc2ccc(cc2)CNC(=O)c2cc(-n4cc(C[N+](C)(C)CCCS(=O)(=O)[O-])nn4)cc(n2)C(=O)NCCCCCCNC3=O)nn1. The number of nitrogens with zero attached hydrogens (tertiary/aromatic N) is 10. The molecule has 67 heavy (non-hydrogen) atoms. The van der Waals surface area contributed by atoms with Gasteiger partial charge in [0.05, 0.1) is 75.2 Å². The average Bonchev–Trinajstić information content (AvgIpc) is 3.96. The highest BCUT2D eigenvalue weighted by Crippen LogP contribution is 2.17. The molecule has 4 amide bonds. The largest absolute Gasteiger partial charge is 0.748 e. The van der Waals surface area contributed by atoms with E-state index in [1.165, 1.54) is 16.8 Å². The van der Waals surface area contributed by atoms with Crippen molar-refractivity contribution in [1.29, 1.82) is 0 Å². The summed E-state index contributed by atoms with van der Waals surface area (Å²) in [6.07, 6.45) is 8.64. The van der Waals surface area contributed by atoms with Gasteiger partial charge in [-0.2, -0.15) is 0 Å². The van der Waals surface area contributed by atoms with E-state index in [9.17, 15) is 32.1 Å². The number of hydrogen-bond acceptors (Lipinski definition) is 13. The van der Waals surface area contributed by atoms with Gasteiger partial charge in [0, 0.05) is 38.4 Å². The van der Waals surface area contributed by atoms with Crippen LogP contribution in [0.1, 0.15) is 116 Å². The molecule has 4 aromatic heterocycles. The minimum atomic E-state index is -4.33. The fourth-order valence-corrected chi connectivity index (χ4v) is 8.04. The first-order chi connectivity index (χ1) is 31.8. The Morgan fingerprint density at radius 3 is 1.37 bits per heavy atom. The topological polar surface area (TPSA) is 261 Å². The molecule has 0 atom stereocenters. The summed E-state index contributed by atoms with van der Waals surface area (Å²) in [5.41, 5.74) is 3.81. The molecule has 6 bridgehead atoms. The average molecular weight is 942 g/mol. The lowest BCUT2D eigenvalue weighted by molar-refractivity contribution is -0.904. The number of hydrogen-bond donors (Lipinski definition) is 4. The maximum absolute atomic E-state index is 13.6. The predicted octanol–water partition coefficient (Wildman–Crippen LogP) is 2.42. The highest BCUT2D eigenvalue weighted by molar-refractivity contribution is 7.85. The van der Waals surface area contributed by atoms with Crippen LogP contribution in [0.5, 0.6) is 0 Å². The summed E-state index contributed by atoms with van der Waals surface area (Å²) in [7, 11) is 3.73. The fourth-order valence-electron chi connectivity index (χ4n) is 7.56. The van der Waals surface area contributed by atoms with Crippen molar-refractivity contribution >= 4 is 33.7 Å². The van der Waals surface area contributed by atoms with Gasteiger partial charge in [-0.1, -0.05) is 60.9 Å². The monoisotopic (exact) mass is 941 g/mol. The highest BCUT2D eigenvalue weighted by atomic mass is 32.2. The predicted molar refractivity (Wildman–Crippen MR) is 246 cm³/mol. The lowest BCUT2D eigenvalue weighted by atomic mass is 10.1. The van der Waals surface area contributed by atoms with Crippen molar-refractivity contribution in [2.75, 3.05) is 60.1 Å². The molecule has 0 unspecified atom stereocenters. The second-order valence-electron chi connectivity index (χ2n) is 18.2. The van der Waals surface area contributed by atoms with Crippen LogP contribution in [0.15, 0.2) is 60.9 Å². The van der Waals surface area contributed by atoms with E-state index in [2.05, 4.69) is 72.9 Å². The zero-order chi connectivity index (χ0) is 48.2. The van der Waals surface area contributed by atoms with Gasteiger partial charge in [0.15, 0.2) is 0 Å². The van der Waals surface area contributed by atoms with E-state index in [0.717, 1.165) is 53.5 Å². The fraction of sp³-hybridized carbons (Fsp3) is 0.467. The number of amides is 4. The quantitative estimate of drug-likeness (QED) is 0.0978. The van der Waals surface area contributed by atoms with Gasteiger partial charge < -0.3 is 34.8 Å². The molecule has 358 valence electrons. The summed E-state index contributed by atoms with van der Waals surface area (Å²) in [4.78, 5) is 63.1. The third-order valence-electron chi connectivity index (χ3n) is 11.2. The van der Waals surface area contributed by atoms with E-state index in [1.807, 2.05) is 44.6 Å². The van der Waals surface area contributed by atoms with Crippen molar-refractivity contribution in [2.45, 2.75) is 78.0 Å². The Bertz CT molecular complexity index is 2650. The molecule has 21 nitrogen and oxygen atoms in total. The molecule has 4 N–H and O–H groups in total. The van der Waals surface area contributed by atoms with E-state index in [-0.39, 0.29) is 42.3 Å². The van der Waals surface area contributed by atoms with Crippen molar-refractivity contribution in [1.82, 2.24) is 61.2 Å². The molecule has 0 saturated carbocycles. The van der Waals surface area contributed by atoms with Gasteiger partial charge in [-0.15, -0.1) is 10.2 Å². The summed E-state index contributed by atoms with van der Waals surface area (Å²) in [5, 5.41) is 28.9. The second-order valence-corrected chi connectivity index (χ2v) is 19.7. The Labute approximate surface area is 390 Å². The molecule has 5 aromatic rings. The Kier molecular flexibility index (Phi) is 16.6. The minimum Gasteiger partial charge on any atom is -0.748 e. The maximum atomic E-state index is 13.6. The lowest BCUT2D eigenvalue weighted by Crippen LogP contribution is -2.40. The summed E-state index contributed by atoms with van der Waals surface area (Å²) >= 11 is 0. The third kappa shape index (κ3) is 15.3. The maximum Gasteiger partial charge on any atom is 0.270 e. The van der Waals surface area contributed by atoms with Crippen LogP contribution < -0.4 is 21.3 Å². The standard InChI is InChI=1S/C45H60N14O7S/c1-6-7-19-58(2,3)30-34-28-56(54-52-34)36-22-38-42(60)46-17-10-8-9-11-18-47-43(61)39-23-37(57-29-35(53-55-57)31-59(4,5)20-12-21-67(64,65)66)25-41(51-39)45(63)49-27-33-15-13-32(14-16-33)26-48-44(62)40(24-36)50-38/h13-16,22-25,28-29H,6-12,17-21,26-27,30-31H2,1-5H3,(H3-2,46,47,48,49,60,61,62,63,64,65,66)/p+1. The molecule has 7 rings (SSSR count). The van der Waals surface area contributed by atoms with Gasteiger partial charge in [0.1, 0.15) is 47.3 Å².